The van der Waals surface area contributed by atoms with E-state index < -0.39 is 17.8 Å². The molecule has 4 N–H and O–H groups in total. The van der Waals surface area contributed by atoms with Crippen molar-refractivity contribution in [2.75, 3.05) is 40.0 Å². The lowest BCUT2D eigenvalue weighted by Crippen LogP contribution is -2.55. The predicted molar refractivity (Wildman–Crippen MR) is 105 cm³/mol. The van der Waals surface area contributed by atoms with Crippen LogP contribution in [0.15, 0.2) is 18.2 Å². The predicted octanol–water partition coefficient (Wildman–Crippen LogP) is 0.235. The number of piperidine rings is 1. The van der Waals surface area contributed by atoms with Crippen molar-refractivity contribution in [3.8, 4) is 11.5 Å². The molecule has 2 atom stereocenters. The van der Waals surface area contributed by atoms with E-state index in [-0.39, 0.29) is 24.7 Å². The highest BCUT2D eigenvalue weighted by molar-refractivity contribution is 5.95. The summed E-state index contributed by atoms with van der Waals surface area (Å²) >= 11 is 0. The maximum Gasteiger partial charge on any atom is 0.290 e. The second kappa shape index (κ2) is 11.1. The second-order valence-electron chi connectivity index (χ2n) is 7.29. The Hall–Kier alpha value is -2.40. The van der Waals surface area contributed by atoms with Gasteiger partial charge in [-0.2, -0.15) is 0 Å². The molecular formula is C20H29NO9. The zero-order chi connectivity index (χ0) is 22.1. The van der Waals surface area contributed by atoms with Crippen LogP contribution in [0.1, 0.15) is 29.6 Å². The summed E-state index contributed by atoms with van der Waals surface area (Å²) in [6.45, 7) is 1.57. The van der Waals surface area contributed by atoms with Gasteiger partial charge in [0.2, 0.25) is 0 Å². The van der Waals surface area contributed by atoms with Crippen molar-refractivity contribution >= 4 is 12.4 Å². The Labute approximate surface area is 174 Å². The number of nitrogens with zero attached hydrogens (tertiary/aromatic N) is 1. The lowest BCUT2D eigenvalue weighted by atomic mass is 9.82. The van der Waals surface area contributed by atoms with Crippen molar-refractivity contribution in [3.63, 3.8) is 0 Å². The molecule has 2 aliphatic rings. The lowest BCUT2D eigenvalue weighted by Gasteiger charge is -2.46. The Morgan fingerprint density at radius 1 is 1.23 bits per heavy atom. The summed E-state index contributed by atoms with van der Waals surface area (Å²) in [4.78, 5) is 22.9. The highest BCUT2D eigenvalue weighted by Crippen LogP contribution is 2.35. The molecule has 2 heterocycles. The fraction of sp³-hybridized carbons (Fsp3) is 0.600. The van der Waals surface area contributed by atoms with Gasteiger partial charge in [0, 0.05) is 38.2 Å². The van der Waals surface area contributed by atoms with Crippen LogP contribution in [0.2, 0.25) is 0 Å². The quantitative estimate of drug-likeness (QED) is 0.383. The minimum atomic E-state index is -0.848. The number of aromatic hydroxyl groups is 1. The van der Waals surface area contributed by atoms with Gasteiger partial charge in [-0.05, 0) is 25.0 Å². The molecule has 0 aromatic heterocycles. The molecular weight excluding hydrogens is 398 g/mol. The smallest absolute Gasteiger partial charge is 0.290 e. The number of methoxy groups -OCH3 is 1. The topological polar surface area (TPSA) is 146 Å². The molecule has 30 heavy (non-hydrogen) atoms. The summed E-state index contributed by atoms with van der Waals surface area (Å²) in [5, 5.41) is 36.3. The third kappa shape index (κ3) is 6.30. The number of phenolic OH excluding ortho intramolecular Hbond substituents is 1. The minimum Gasteiger partial charge on any atom is -0.508 e. The van der Waals surface area contributed by atoms with Crippen LogP contribution in [0.3, 0.4) is 0 Å². The fourth-order valence-electron chi connectivity index (χ4n) is 3.63. The highest BCUT2D eigenvalue weighted by atomic mass is 16.5. The first-order chi connectivity index (χ1) is 14.3. The van der Waals surface area contributed by atoms with Gasteiger partial charge in [0.1, 0.15) is 24.2 Å². The number of hydrogen-bond donors (Lipinski definition) is 4. The fourth-order valence-corrected chi connectivity index (χ4v) is 3.63. The maximum atomic E-state index is 12.8. The average molecular weight is 427 g/mol. The summed E-state index contributed by atoms with van der Waals surface area (Å²) in [6, 6.07) is 4.49. The highest BCUT2D eigenvalue weighted by Gasteiger charge is 2.43. The van der Waals surface area contributed by atoms with Crippen LogP contribution in [0, 0.1) is 0 Å². The van der Waals surface area contributed by atoms with E-state index >= 15 is 0 Å². The number of carbonyl (C=O) groups excluding carboxylic acids is 1. The Kier molecular flexibility index (Phi) is 8.85. The number of amides is 1. The van der Waals surface area contributed by atoms with Gasteiger partial charge in [-0.1, -0.05) is 0 Å². The van der Waals surface area contributed by atoms with Gasteiger partial charge in [0.15, 0.2) is 0 Å². The molecule has 2 saturated heterocycles. The van der Waals surface area contributed by atoms with Crippen LogP contribution in [0.25, 0.3) is 0 Å². The number of aliphatic hydroxyl groups is 2. The first-order valence-corrected chi connectivity index (χ1v) is 9.67. The largest absolute Gasteiger partial charge is 0.508 e. The summed E-state index contributed by atoms with van der Waals surface area (Å²) in [7, 11) is 1.57. The van der Waals surface area contributed by atoms with E-state index in [2.05, 4.69) is 0 Å². The molecule has 168 valence electrons. The number of carboxylic acid groups (broad SMARTS) is 1. The monoisotopic (exact) mass is 427 g/mol. The summed E-state index contributed by atoms with van der Waals surface area (Å²) in [5.74, 6) is 0.194. The molecule has 10 heteroatoms. The van der Waals surface area contributed by atoms with Crippen molar-refractivity contribution in [2.24, 2.45) is 0 Å². The van der Waals surface area contributed by atoms with Crippen molar-refractivity contribution < 1.29 is 44.2 Å². The number of carbonyl (C=O) groups is 2. The van der Waals surface area contributed by atoms with Crippen molar-refractivity contribution in [3.05, 3.63) is 23.8 Å². The number of rotatable bonds is 5. The van der Waals surface area contributed by atoms with Gasteiger partial charge in [0.25, 0.3) is 12.4 Å². The molecule has 0 aliphatic carbocycles. The van der Waals surface area contributed by atoms with E-state index in [1.54, 1.807) is 18.1 Å². The molecule has 1 aromatic rings. The van der Waals surface area contributed by atoms with Crippen molar-refractivity contribution in [1.29, 1.82) is 0 Å². The standard InChI is InChI=1S/C19H27NO7.CH2O2/c1-25-6-7-26-15-9-13(8-14(21)10-15)18(24)20-4-2-19(3-5-20)11-16(22)17(23)12-27-19;2-1-3/h8-10,16-17,21-23H,2-7,11-12H2,1H3;1H,(H,2,3)/t16-,17+;/m1./s1. The van der Waals surface area contributed by atoms with Gasteiger partial charge in [0.05, 0.1) is 24.9 Å². The van der Waals surface area contributed by atoms with Gasteiger partial charge in [-0.15, -0.1) is 0 Å². The van der Waals surface area contributed by atoms with E-state index in [4.69, 9.17) is 24.1 Å². The molecule has 0 saturated carbocycles. The zero-order valence-corrected chi connectivity index (χ0v) is 16.9. The molecule has 3 rings (SSSR count). The zero-order valence-electron chi connectivity index (χ0n) is 16.9. The molecule has 0 bridgehead atoms. The van der Waals surface area contributed by atoms with Crippen LogP contribution in [0.5, 0.6) is 11.5 Å². The van der Waals surface area contributed by atoms with Crippen LogP contribution >= 0.6 is 0 Å². The Morgan fingerprint density at radius 3 is 2.50 bits per heavy atom. The van der Waals surface area contributed by atoms with Gasteiger partial charge in [-0.3, -0.25) is 9.59 Å². The lowest BCUT2D eigenvalue weighted by molar-refractivity contribution is -0.185. The third-order valence-electron chi connectivity index (χ3n) is 5.24. The van der Waals surface area contributed by atoms with Crippen LogP contribution in [-0.2, 0) is 14.3 Å². The van der Waals surface area contributed by atoms with Gasteiger partial charge < -0.3 is 39.5 Å². The average Bonchev–Trinajstić information content (AvgIpc) is 2.72. The van der Waals surface area contributed by atoms with E-state index in [0.29, 0.717) is 56.9 Å². The number of aliphatic hydroxyl groups excluding tert-OH is 2. The van der Waals surface area contributed by atoms with Crippen molar-refractivity contribution in [1.82, 2.24) is 4.90 Å². The van der Waals surface area contributed by atoms with Crippen LogP contribution in [-0.4, -0.2) is 95.5 Å². The number of likely N-dealkylation sites (tertiary alicyclic amines) is 1. The third-order valence-corrected chi connectivity index (χ3v) is 5.24. The summed E-state index contributed by atoms with van der Waals surface area (Å²) in [5.41, 5.74) is -0.124. The number of benzene rings is 1. The van der Waals surface area contributed by atoms with Gasteiger partial charge >= 0.3 is 0 Å². The Morgan fingerprint density at radius 2 is 1.90 bits per heavy atom. The van der Waals surface area contributed by atoms with Crippen LogP contribution in [0.4, 0.5) is 0 Å². The molecule has 2 fully saturated rings. The SMILES string of the molecule is COCCOc1cc(O)cc(C(=O)N2CCC3(CC2)C[C@@H](O)[C@@H](O)CO3)c1.O=CO. The minimum absolute atomic E-state index is 0.0329. The van der Waals surface area contributed by atoms with Crippen LogP contribution < -0.4 is 4.74 Å². The molecule has 2 aliphatic heterocycles. The Balaban J connectivity index is 0.00000101. The molecule has 0 unspecified atom stereocenters. The normalized spacial score (nSPS) is 22.7. The maximum absolute atomic E-state index is 12.8. The Bertz CT molecular complexity index is 704. The van der Waals surface area contributed by atoms with Gasteiger partial charge in [-0.25, -0.2) is 0 Å². The van der Waals surface area contributed by atoms with Crippen molar-refractivity contribution in [2.45, 2.75) is 37.1 Å². The van der Waals surface area contributed by atoms with E-state index in [9.17, 15) is 20.1 Å². The molecule has 0 radical (unpaired) electrons. The first-order valence-electron chi connectivity index (χ1n) is 9.67. The number of phenols is 1. The molecule has 1 spiro atoms. The van der Waals surface area contributed by atoms with E-state index in [1.165, 1.54) is 12.1 Å². The number of ether oxygens (including phenoxy) is 3. The second-order valence-corrected chi connectivity index (χ2v) is 7.29. The summed E-state index contributed by atoms with van der Waals surface area (Å²) in [6.07, 6.45) is -0.0744. The molecule has 1 amide bonds. The first kappa shape index (κ1) is 23.9. The summed E-state index contributed by atoms with van der Waals surface area (Å²) < 4.78 is 16.2. The molecule has 10 nitrogen and oxygen atoms in total. The number of hydrogen-bond acceptors (Lipinski definition) is 8. The van der Waals surface area contributed by atoms with E-state index in [0.717, 1.165) is 0 Å². The van der Waals surface area contributed by atoms with E-state index in [1.807, 2.05) is 0 Å². The molecule has 1 aromatic carbocycles.